The highest BCUT2D eigenvalue weighted by atomic mass is 16.6. The number of para-hydroxylation sites is 2. The molecule has 1 aromatic heterocycles. The number of aromatic nitrogens is 2. The maximum absolute atomic E-state index is 14.2. The molecule has 1 aliphatic rings. The Labute approximate surface area is 228 Å². The van der Waals surface area contributed by atoms with Crippen LogP contribution < -0.4 is 5.32 Å². The number of amides is 1. The molecule has 0 aliphatic carbocycles. The fourth-order valence-corrected chi connectivity index (χ4v) is 5.36. The predicted molar refractivity (Wildman–Crippen MR) is 147 cm³/mol. The summed E-state index contributed by atoms with van der Waals surface area (Å²) in [5.41, 5.74) is 2.19. The van der Waals surface area contributed by atoms with Gasteiger partial charge in [0.05, 0.1) is 21.9 Å². The summed E-state index contributed by atoms with van der Waals surface area (Å²) in [5.74, 6) is -2.83. The molecule has 1 amide bonds. The highest BCUT2D eigenvalue weighted by Crippen LogP contribution is 2.43. The van der Waals surface area contributed by atoms with E-state index in [1.165, 1.54) is 28.8 Å². The van der Waals surface area contributed by atoms with Crippen LogP contribution in [0.3, 0.4) is 0 Å². The Bertz CT molecular complexity index is 1760. The van der Waals surface area contributed by atoms with Crippen LogP contribution in [0.25, 0.3) is 11.0 Å². The van der Waals surface area contributed by atoms with Crippen LogP contribution in [0.1, 0.15) is 48.7 Å². The van der Waals surface area contributed by atoms with E-state index in [-0.39, 0.29) is 17.3 Å². The summed E-state index contributed by atoms with van der Waals surface area (Å²) in [4.78, 5) is 57.4. The molecule has 0 bridgehead atoms. The van der Waals surface area contributed by atoms with Gasteiger partial charge in [0.25, 0.3) is 17.5 Å². The summed E-state index contributed by atoms with van der Waals surface area (Å²) in [5, 5.41) is 14.2. The quantitative estimate of drug-likeness (QED) is 0.184. The zero-order chi connectivity index (χ0) is 27.8. The van der Waals surface area contributed by atoms with E-state index >= 15 is 0 Å². The van der Waals surface area contributed by atoms with Gasteiger partial charge >= 0.3 is 0 Å². The van der Waals surface area contributed by atoms with Crippen molar-refractivity contribution in [1.29, 1.82) is 0 Å². The topological polar surface area (TPSA) is 124 Å². The normalized spacial score (nSPS) is 18.2. The second-order valence-corrected chi connectivity index (χ2v) is 9.53. The first kappa shape index (κ1) is 24.9. The van der Waals surface area contributed by atoms with Crippen LogP contribution in [0, 0.1) is 10.1 Å². The van der Waals surface area contributed by atoms with Crippen molar-refractivity contribution in [2.75, 3.05) is 0 Å². The molecule has 0 radical (unpaired) electrons. The van der Waals surface area contributed by atoms with Gasteiger partial charge < -0.3 is 5.32 Å². The van der Waals surface area contributed by atoms with Gasteiger partial charge in [-0.25, -0.2) is 4.98 Å². The van der Waals surface area contributed by atoms with Gasteiger partial charge in [0.15, 0.2) is 5.78 Å². The van der Waals surface area contributed by atoms with E-state index in [1.54, 1.807) is 84.9 Å². The van der Waals surface area contributed by atoms with Crippen molar-refractivity contribution in [3.8, 4) is 0 Å². The minimum Gasteiger partial charge on any atom is -0.340 e. The number of nitro benzene ring substituents is 1. The number of benzene rings is 4. The Morgan fingerprint density at radius 3 is 2.05 bits per heavy atom. The fraction of sp³-hybridized carbons (Fsp3) is 0.0968. The third-order valence-corrected chi connectivity index (χ3v) is 7.22. The van der Waals surface area contributed by atoms with Crippen molar-refractivity contribution in [3.63, 3.8) is 0 Å². The van der Waals surface area contributed by atoms with Crippen LogP contribution >= 0.6 is 0 Å². The van der Waals surface area contributed by atoms with E-state index in [2.05, 4.69) is 5.32 Å². The molecule has 9 heteroatoms. The molecule has 196 valence electrons. The SMILES string of the molecule is O=C(N[C@@H]1C(=O)n2c(nc3ccccc32)[C@@H](C(=O)c2ccccc2)[C@@H]1c1ccc([N+](=O)[O-])cc1)c1ccccc1. The minimum atomic E-state index is -1.17. The largest absolute Gasteiger partial charge is 0.340 e. The molecule has 1 aliphatic heterocycles. The molecule has 1 N–H and O–H groups in total. The molecule has 3 atom stereocenters. The molecule has 6 rings (SSSR count). The van der Waals surface area contributed by atoms with Gasteiger partial charge in [-0.1, -0.05) is 72.8 Å². The van der Waals surface area contributed by atoms with E-state index in [0.717, 1.165) is 0 Å². The van der Waals surface area contributed by atoms with Crippen LogP contribution in [0.15, 0.2) is 109 Å². The predicted octanol–water partition coefficient (Wildman–Crippen LogP) is 5.15. The van der Waals surface area contributed by atoms with E-state index in [0.29, 0.717) is 27.7 Å². The number of nitrogens with zero attached hydrogens (tertiary/aromatic N) is 3. The Kier molecular flexibility index (Phi) is 6.24. The van der Waals surface area contributed by atoms with Gasteiger partial charge in [0.1, 0.15) is 11.9 Å². The van der Waals surface area contributed by atoms with E-state index < -0.39 is 34.6 Å². The minimum absolute atomic E-state index is 0.131. The molecule has 2 heterocycles. The number of imidazole rings is 1. The number of non-ortho nitro benzene ring substituents is 1. The number of nitro groups is 1. The molecule has 40 heavy (non-hydrogen) atoms. The van der Waals surface area contributed by atoms with Crippen LogP contribution in [0.4, 0.5) is 5.69 Å². The third-order valence-electron chi connectivity index (χ3n) is 7.22. The summed E-state index contributed by atoms with van der Waals surface area (Å²) < 4.78 is 1.42. The number of hydrogen-bond acceptors (Lipinski definition) is 6. The Morgan fingerprint density at radius 2 is 1.40 bits per heavy atom. The van der Waals surface area contributed by atoms with E-state index in [9.17, 15) is 24.5 Å². The van der Waals surface area contributed by atoms with E-state index in [4.69, 9.17) is 4.98 Å². The number of ketones is 1. The fourth-order valence-electron chi connectivity index (χ4n) is 5.36. The van der Waals surface area contributed by atoms with Gasteiger partial charge in [0, 0.05) is 29.2 Å². The first-order chi connectivity index (χ1) is 19.4. The first-order valence-corrected chi connectivity index (χ1v) is 12.6. The monoisotopic (exact) mass is 530 g/mol. The lowest BCUT2D eigenvalue weighted by Crippen LogP contribution is -2.53. The van der Waals surface area contributed by atoms with Crippen LogP contribution in [0.5, 0.6) is 0 Å². The highest BCUT2D eigenvalue weighted by molar-refractivity contribution is 6.07. The van der Waals surface area contributed by atoms with Crippen molar-refractivity contribution >= 4 is 34.3 Å². The molecular formula is C31H22N4O5. The molecular weight excluding hydrogens is 508 g/mol. The third kappa shape index (κ3) is 4.23. The lowest BCUT2D eigenvalue weighted by molar-refractivity contribution is -0.384. The molecule has 5 aromatic rings. The Balaban J connectivity index is 1.57. The molecule has 0 unspecified atom stereocenters. The molecule has 0 saturated carbocycles. The standard InChI is InChI=1S/C31H22N4O5/c36-28(20-9-3-1-4-10-20)26-25(19-15-17-22(18-16-19)35(39)40)27(33-30(37)21-11-5-2-6-12-21)31(38)34-24-14-8-7-13-23(24)32-29(26)34/h1-18,25-27H,(H,33,37)/t25-,26+,27-/m0/s1. The molecule has 4 aromatic carbocycles. The number of Topliss-reactive ketones (excluding diaryl/α,β-unsaturated/α-hetero) is 1. The smallest absolute Gasteiger partial charge is 0.269 e. The lowest BCUT2D eigenvalue weighted by atomic mass is 9.73. The van der Waals surface area contributed by atoms with Crippen LogP contribution in [-0.4, -0.2) is 38.1 Å². The maximum Gasteiger partial charge on any atom is 0.269 e. The second-order valence-electron chi connectivity index (χ2n) is 9.53. The second kappa shape index (κ2) is 10.0. The molecule has 0 fully saturated rings. The zero-order valence-electron chi connectivity index (χ0n) is 21.0. The summed E-state index contributed by atoms with van der Waals surface area (Å²) in [7, 11) is 0. The molecule has 0 saturated heterocycles. The van der Waals surface area contributed by atoms with Gasteiger partial charge in [-0.2, -0.15) is 0 Å². The number of carbonyl (C=O) groups excluding carboxylic acids is 3. The molecule has 9 nitrogen and oxygen atoms in total. The first-order valence-electron chi connectivity index (χ1n) is 12.6. The summed E-state index contributed by atoms with van der Waals surface area (Å²) in [6.45, 7) is 0. The average Bonchev–Trinajstić information content (AvgIpc) is 3.38. The van der Waals surface area contributed by atoms with Crippen molar-refractivity contribution in [2.45, 2.75) is 17.9 Å². The lowest BCUT2D eigenvalue weighted by Gasteiger charge is -2.37. The number of fused-ring (bicyclic) bond motifs is 3. The number of carbonyl (C=O) groups is 3. The molecule has 0 spiro atoms. The zero-order valence-corrected chi connectivity index (χ0v) is 21.0. The van der Waals surface area contributed by atoms with Crippen molar-refractivity contribution in [2.24, 2.45) is 0 Å². The van der Waals surface area contributed by atoms with Gasteiger partial charge in [-0.15, -0.1) is 0 Å². The van der Waals surface area contributed by atoms with Crippen LogP contribution in [-0.2, 0) is 0 Å². The Morgan fingerprint density at radius 1 is 0.800 bits per heavy atom. The summed E-state index contributed by atoms with van der Waals surface area (Å²) in [6.07, 6.45) is 0. The van der Waals surface area contributed by atoms with Crippen molar-refractivity contribution < 1.29 is 19.3 Å². The number of rotatable bonds is 6. The Hall–Kier alpha value is -5.44. The number of nitrogens with one attached hydrogen (secondary N) is 1. The highest BCUT2D eigenvalue weighted by Gasteiger charge is 2.49. The maximum atomic E-state index is 14.2. The van der Waals surface area contributed by atoms with Gasteiger partial charge in [-0.3, -0.25) is 29.1 Å². The van der Waals surface area contributed by atoms with Crippen molar-refractivity contribution in [3.05, 3.63) is 142 Å². The number of hydrogen-bond donors (Lipinski definition) is 1. The van der Waals surface area contributed by atoms with Crippen molar-refractivity contribution in [1.82, 2.24) is 14.9 Å². The van der Waals surface area contributed by atoms with Crippen LogP contribution in [0.2, 0.25) is 0 Å². The van der Waals surface area contributed by atoms with E-state index in [1.807, 2.05) is 0 Å². The van der Waals surface area contributed by atoms with Gasteiger partial charge in [-0.05, 0) is 29.8 Å². The average molecular weight is 531 g/mol. The van der Waals surface area contributed by atoms with Gasteiger partial charge in [0.2, 0.25) is 0 Å². The summed E-state index contributed by atoms with van der Waals surface area (Å²) in [6, 6.07) is 28.8. The summed E-state index contributed by atoms with van der Waals surface area (Å²) >= 11 is 0.